The van der Waals surface area contributed by atoms with E-state index in [-0.39, 0.29) is 11.7 Å². The molecule has 2 N–H and O–H groups in total. The number of nitrogens with one attached hydrogen (secondary N) is 2. The van der Waals surface area contributed by atoms with Gasteiger partial charge in [-0.1, -0.05) is 67.2 Å². The topological polar surface area (TPSA) is 72.0 Å². The van der Waals surface area contributed by atoms with Crippen LogP contribution in [0.2, 0.25) is 0 Å². The normalized spacial score (nSPS) is 19.5. The van der Waals surface area contributed by atoms with E-state index in [1.54, 1.807) is 6.92 Å². The lowest BCUT2D eigenvalue weighted by Gasteiger charge is -2.30. The van der Waals surface area contributed by atoms with Crippen LogP contribution < -0.4 is 10.6 Å². The Morgan fingerprint density at radius 2 is 1.72 bits per heavy atom. The van der Waals surface area contributed by atoms with Gasteiger partial charge < -0.3 is 5.32 Å². The monoisotopic (exact) mass is 337 g/mol. The molecule has 0 radical (unpaired) electrons. The van der Waals surface area contributed by atoms with Gasteiger partial charge in [0.15, 0.2) is 0 Å². The van der Waals surface area contributed by atoms with Crippen LogP contribution >= 0.6 is 0 Å². The van der Waals surface area contributed by atoms with E-state index in [0.29, 0.717) is 5.84 Å². The van der Waals surface area contributed by atoms with Crippen molar-refractivity contribution in [3.05, 3.63) is 83.9 Å². The second-order valence-corrected chi connectivity index (χ2v) is 5.60. The Bertz CT molecular complexity index is 775. The van der Waals surface area contributed by atoms with Gasteiger partial charge in [0.05, 0.1) is 0 Å². The number of rotatable bonds is 5. The maximum absolute atomic E-state index is 11.5. The molecule has 128 valence electrons. The van der Waals surface area contributed by atoms with Crippen molar-refractivity contribution in [1.29, 1.82) is 0 Å². The zero-order valence-electron chi connectivity index (χ0n) is 13.8. The summed E-state index contributed by atoms with van der Waals surface area (Å²) in [6.07, 6.45) is -1.09. The molecule has 0 aliphatic carbocycles. The number of nitrogens with zero attached hydrogens (tertiary/aromatic N) is 1. The minimum Gasteiger partial charge on any atom is -0.350 e. The van der Waals surface area contributed by atoms with Gasteiger partial charge in [-0.3, -0.25) is 4.89 Å². The average Bonchev–Trinajstić information content (AvgIpc) is 2.67. The third kappa shape index (κ3) is 4.32. The van der Waals surface area contributed by atoms with E-state index >= 15 is 0 Å². The largest absolute Gasteiger partial charge is 0.368 e. The van der Waals surface area contributed by atoms with E-state index in [1.807, 2.05) is 60.7 Å². The lowest BCUT2D eigenvalue weighted by atomic mass is 10.1. The molecule has 2 atom stereocenters. The quantitative estimate of drug-likeness (QED) is 0.499. The Labute approximate surface area is 146 Å². The highest BCUT2D eigenvalue weighted by atomic mass is 17.2. The summed E-state index contributed by atoms with van der Waals surface area (Å²) in [5.74, 6) is 0.0117. The van der Waals surface area contributed by atoms with Crippen LogP contribution in [0.1, 0.15) is 24.2 Å². The second kappa shape index (κ2) is 7.74. The van der Waals surface area contributed by atoms with Crippen LogP contribution in [-0.4, -0.2) is 18.2 Å². The van der Waals surface area contributed by atoms with Crippen molar-refractivity contribution in [2.24, 2.45) is 4.99 Å². The molecule has 6 nitrogen and oxygen atoms in total. The third-order valence-corrected chi connectivity index (χ3v) is 3.58. The summed E-state index contributed by atoms with van der Waals surface area (Å²) >= 11 is 0. The van der Waals surface area contributed by atoms with Gasteiger partial charge in [-0.2, -0.15) is 0 Å². The molecule has 25 heavy (non-hydrogen) atoms. The molecule has 1 heterocycles. The molecule has 1 aliphatic heterocycles. The van der Waals surface area contributed by atoms with E-state index in [1.165, 1.54) is 0 Å². The van der Waals surface area contributed by atoms with Crippen molar-refractivity contribution >= 4 is 11.8 Å². The molecule has 0 aromatic heterocycles. The Morgan fingerprint density at radius 1 is 1.08 bits per heavy atom. The molecular weight excluding hydrogens is 318 g/mol. The number of hydrogen-bond donors (Lipinski definition) is 2. The molecule has 0 spiro atoms. The summed E-state index contributed by atoms with van der Waals surface area (Å²) in [6.45, 7) is 5.07. The summed E-state index contributed by atoms with van der Waals surface area (Å²) in [6, 6.07) is 19.5. The highest BCUT2D eigenvalue weighted by Crippen LogP contribution is 2.17. The number of benzene rings is 2. The van der Waals surface area contributed by atoms with Gasteiger partial charge in [0.1, 0.15) is 12.0 Å². The minimum absolute atomic E-state index is 0.248. The maximum Gasteiger partial charge on any atom is 0.368 e. The molecule has 0 saturated heterocycles. The number of amidine groups is 1. The second-order valence-electron chi connectivity index (χ2n) is 5.60. The van der Waals surface area contributed by atoms with Gasteiger partial charge in [0, 0.05) is 11.1 Å². The molecular formula is C19H19N3O3. The van der Waals surface area contributed by atoms with E-state index in [0.717, 1.165) is 11.1 Å². The van der Waals surface area contributed by atoms with Gasteiger partial charge in [0.2, 0.25) is 0 Å². The zero-order chi connectivity index (χ0) is 17.6. The highest BCUT2D eigenvalue weighted by molar-refractivity contribution is 5.99. The standard InChI is InChI=1S/C19H19N3O3/c1-13(2)18(23)24-25-19-21-16(14-9-5-3-6-10-14)20-17(22-19)15-11-7-4-8-12-15/h3-12,16,19,21H,1H2,2H3,(H,20,22). The van der Waals surface area contributed by atoms with E-state index in [4.69, 9.17) is 9.78 Å². The van der Waals surface area contributed by atoms with Gasteiger partial charge in [-0.05, 0) is 12.5 Å². The molecule has 6 heteroatoms. The smallest absolute Gasteiger partial charge is 0.350 e. The van der Waals surface area contributed by atoms with Gasteiger partial charge >= 0.3 is 5.97 Å². The van der Waals surface area contributed by atoms with Gasteiger partial charge in [0.25, 0.3) is 6.35 Å². The van der Waals surface area contributed by atoms with Crippen LogP contribution in [0.5, 0.6) is 0 Å². The van der Waals surface area contributed by atoms with Crippen LogP contribution in [0.3, 0.4) is 0 Å². The van der Waals surface area contributed by atoms with E-state index in [9.17, 15) is 4.79 Å². The molecule has 0 fully saturated rings. The van der Waals surface area contributed by atoms with Crippen LogP contribution in [0, 0.1) is 0 Å². The lowest BCUT2D eigenvalue weighted by molar-refractivity contribution is -0.301. The van der Waals surface area contributed by atoms with E-state index < -0.39 is 12.3 Å². The van der Waals surface area contributed by atoms with Crippen molar-refractivity contribution in [1.82, 2.24) is 10.6 Å². The van der Waals surface area contributed by atoms with Crippen LogP contribution in [0.15, 0.2) is 77.8 Å². The number of aliphatic imine (C=N–C) groups is 1. The fourth-order valence-corrected chi connectivity index (χ4v) is 2.30. The Morgan fingerprint density at radius 3 is 2.36 bits per heavy atom. The molecule has 0 amide bonds. The SMILES string of the molecule is C=C(C)C(=O)OOC1N=C(c2ccccc2)NC(c2ccccc2)N1. The average molecular weight is 337 g/mol. The molecule has 3 rings (SSSR count). The molecule has 2 unspecified atom stereocenters. The van der Waals surface area contributed by atoms with E-state index in [2.05, 4.69) is 22.2 Å². The first kappa shape index (κ1) is 16.9. The number of carbonyl (C=O) groups excluding carboxylic acids is 1. The summed E-state index contributed by atoms with van der Waals surface area (Å²) in [7, 11) is 0. The fourth-order valence-electron chi connectivity index (χ4n) is 2.30. The Hall–Kier alpha value is -2.96. The summed E-state index contributed by atoms with van der Waals surface area (Å²) in [4.78, 5) is 25.9. The predicted molar refractivity (Wildman–Crippen MR) is 94.2 cm³/mol. The lowest BCUT2D eigenvalue weighted by Crippen LogP contribution is -2.49. The minimum atomic E-state index is -0.843. The summed E-state index contributed by atoms with van der Waals surface area (Å²) in [5, 5.41) is 6.46. The van der Waals surface area contributed by atoms with Gasteiger partial charge in [-0.15, -0.1) is 4.89 Å². The van der Waals surface area contributed by atoms with Crippen molar-refractivity contribution in [3.63, 3.8) is 0 Å². The van der Waals surface area contributed by atoms with Crippen LogP contribution in [0.4, 0.5) is 0 Å². The molecule has 2 aromatic carbocycles. The first-order chi connectivity index (χ1) is 12.1. The zero-order valence-corrected chi connectivity index (χ0v) is 13.8. The third-order valence-electron chi connectivity index (χ3n) is 3.58. The van der Waals surface area contributed by atoms with Gasteiger partial charge in [-0.25, -0.2) is 15.1 Å². The van der Waals surface area contributed by atoms with Crippen molar-refractivity contribution < 1.29 is 14.6 Å². The summed E-state index contributed by atoms with van der Waals surface area (Å²) in [5.41, 5.74) is 2.16. The first-order valence-electron chi connectivity index (χ1n) is 7.87. The Balaban J connectivity index is 1.82. The molecule has 1 aliphatic rings. The number of carbonyl (C=O) groups is 1. The highest BCUT2D eigenvalue weighted by Gasteiger charge is 2.26. The predicted octanol–water partition coefficient (Wildman–Crippen LogP) is 2.66. The van der Waals surface area contributed by atoms with Crippen LogP contribution in [-0.2, 0) is 14.6 Å². The number of hydrogen-bond acceptors (Lipinski definition) is 6. The molecule has 2 aromatic rings. The van der Waals surface area contributed by atoms with Crippen molar-refractivity contribution in [2.45, 2.75) is 19.4 Å². The first-order valence-corrected chi connectivity index (χ1v) is 7.87. The maximum atomic E-state index is 11.5. The Kier molecular flexibility index (Phi) is 5.23. The fraction of sp³-hybridized carbons (Fsp3) is 0.158. The van der Waals surface area contributed by atoms with Crippen molar-refractivity contribution in [3.8, 4) is 0 Å². The summed E-state index contributed by atoms with van der Waals surface area (Å²) < 4.78 is 0. The molecule has 0 saturated carbocycles. The van der Waals surface area contributed by atoms with Crippen molar-refractivity contribution in [2.75, 3.05) is 0 Å². The van der Waals surface area contributed by atoms with Crippen LogP contribution in [0.25, 0.3) is 0 Å². The molecule has 0 bridgehead atoms.